The van der Waals surface area contributed by atoms with E-state index in [1.165, 1.54) is 12.3 Å². The third kappa shape index (κ3) is 0.966. The highest BCUT2D eigenvalue weighted by atomic mass is 31.8. The van der Waals surface area contributed by atoms with Crippen LogP contribution in [0.2, 0.25) is 0 Å². The van der Waals surface area contributed by atoms with E-state index in [1.807, 2.05) is 0 Å². The molecule has 1 rings (SSSR count). The highest BCUT2D eigenvalue weighted by molar-refractivity contribution is 8.10. The van der Waals surface area contributed by atoms with Gasteiger partial charge in [-0.15, -0.1) is 0 Å². The molecule has 1 aliphatic heterocycles. The molecule has 40 valence electrons. The zero-order valence-corrected chi connectivity index (χ0v) is 5.96. The van der Waals surface area contributed by atoms with Crippen molar-refractivity contribution in [2.45, 2.75) is 0 Å². The van der Waals surface area contributed by atoms with E-state index in [0.717, 1.165) is 8.02 Å². The Labute approximate surface area is 45.6 Å². The largest absolute Gasteiger partial charge is 0.285 e. The van der Waals surface area contributed by atoms with Gasteiger partial charge in [0.05, 0.1) is 0 Å². The van der Waals surface area contributed by atoms with E-state index in [9.17, 15) is 0 Å². The van der Waals surface area contributed by atoms with Crippen molar-refractivity contribution in [2.24, 2.45) is 5.50 Å². The SMILES string of the molecule is C=CP1(=PN)CC1. The second-order valence-corrected chi connectivity index (χ2v) is 8.28. The molecule has 0 radical (unpaired) electrons. The second kappa shape index (κ2) is 1.74. The number of hydrogen-bond donors (Lipinski definition) is 1. The third-order valence-corrected chi connectivity index (χ3v) is 6.82. The number of nitrogens with two attached hydrogens (primary N) is 1. The summed E-state index contributed by atoms with van der Waals surface area (Å²) in [6, 6.07) is 0. The van der Waals surface area contributed by atoms with E-state index >= 15 is 0 Å². The van der Waals surface area contributed by atoms with Crippen LogP contribution < -0.4 is 5.50 Å². The molecule has 1 nitrogen and oxygen atoms in total. The second-order valence-electron chi connectivity index (χ2n) is 1.73. The lowest BCUT2D eigenvalue weighted by atomic mass is 11.0. The lowest BCUT2D eigenvalue weighted by Crippen LogP contribution is -1.56. The van der Waals surface area contributed by atoms with Crippen LogP contribution in [0.1, 0.15) is 0 Å². The number of rotatable bonds is 1. The van der Waals surface area contributed by atoms with E-state index in [4.69, 9.17) is 5.50 Å². The van der Waals surface area contributed by atoms with Gasteiger partial charge in [-0.05, 0) is 26.9 Å². The highest BCUT2D eigenvalue weighted by Gasteiger charge is 2.26. The minimum atomic E-state index is -0.640. The van der Waals surface area contributed by atoms with Crippen molar-refractivity contribution >= 4 is 14.6 Å². The lowest BCUT2D eigenvalue weighted by Gasteiger charge is -1.85. The zero-order chi connectivity index (χ0) is 5.33. The molecule has 1 saturated heterocycles. The molecule has 0 aliphatic carbocycles. The predicted molar refractivity (Wildman–Crippen MR) is 38.0 cm³/mol. The van der Waals surface area contributed by atoms with Crippen LogP contribution >= 0.6 is 14.6 Å². The molecule has 0 atom stereocenters. The Morgan fingerprint density at radius 3 is 2.29 bits per heavy atom. The van der Waals surface area contributed by atoms with Crippen LogP contribution in [0.15, 0.2) is 12.4 Å². The van der Waals surface area contributed by atoms with Crippen LogP contribution in [0.25, 0.3) is 0 Å². The standard InChI is InChI=1S/C4H9NP2/c1-2-7(6-5)3-4-7/h2H,1,3-5H2. The maximum Gasteiger partial charge on any atom is -0.0201 e. The van der Waals surface area contributed by atoms with Gasteiger partial charge in [-0.2, -0.15) is 0 Å². The number of hydrogen-bond acceptors (Lipinski definition) is 0. The molecule has 1 fully saturated rings. The van der Waals surface area contributed by atoms with Crippen LogP contribution in [-0.4, -0.2) is 12.3 Å². The minimum Gasteiger partial charge on any atom is -0.285 e. The van der Waals surface area contributed by atoms with Gasteiger partial charge in [0, 0.05) is 0 Å². The van der Waals surface area contributed by atoms with Gasteiger partial charge in [-0.1, -0.05) is 12.4 Å². The van der Waals surface area contributed by atoms with Gasteiger partial charge in [-0.3, -0.25) is 5.50 Å². The Morgan fingerprint density at radius 2 is 2.29 bits per heavy atom. The van der Waals surface area contributed by atoms with Gasteiger partial charge in [0.2, 0.25) is 0 Å². The molecule has 0 aromatic carbocycles. The topological polar surface area (TPSA) is 26.0 Å². The van der Waals surface area contributed by atoms with Crippen molar-refractivity contribution in [1.82, 2.24) is 0 Å². The van der Waals surface area contributed by atoms with Crippen molar-refractivity contribution in [3.63, 3.8) is 0 Å². The molecule has 0 saturated carbocycles. The van der Waals surface area contributed by atoms with Crippen LogP contribution in [0, 0.1) is 0 Å². The molecular weight excluding hydrogens is 124 g/mol. The van der Waals surface area contributed by atoms with Gasteiger partial charge in [-0.25, -0.2) is 0 Å². The van der Waals surface area contributed by atoms with Crippen molar-refractivity contribution in [3.8, 4) is 0 Å². The van der Waals surface area contributed by atoms with Crippen LogP contribution in [-0.2, 0) is 0 Å². The first kappa shape index (κ1) is 5.56. The van der Waals surface area contributed by atoms with Gasteiger partial charge in [0.1, 0.15) is 0 Å². The van der Waals surface area contributed by atoms with Crippen LogP contribution in [0.3, 0.4) is 0 Å². The molecule has 0 aromatic heterocycles. The summed E-state index contributed by atoms with van der Waals surface area (Å²) in [5, 5.41) is 0. The first-order chi connectivity index (χ1) is 3.33. The average Bonchev–Trinajstić information content (AvgIpc) is 2.46. The predicted octanol–water partition coefficient (Wildman–Crippen LogP) is 1.90. The van der Waals surface area contributed by atoms with Gasteiger partial charge >= 0.3 is 0 Å². The van der Waals surface area contributed by atoms with Gasteiger partial charge in [0.15, 0.2) is 0 Å². The molecule has 0 amide bonds. The highest BCUT2D eigenvalue weighted by Crippen LogP contribution is 2.68. The molecule has 0 spiro atoms. The Bertz CT molecular complexity index is 131. The van der Waals surface area contributed by atoms with E-state index < -0.39 is 6.55 Å². The van der Waals surface area contributed by atoms with E-state index in [0.29, 0.717) is 0 Å². The summed E-state index contributed by atoms with van der Waals surface area (Å²) in [6.45, 7) is 3.09. The Balaban J connectivity index is 2.78. The summed E-state index contributed by atoms with van der Waals surface area (Å²) >= 11 is 0. The molecule has 7 heavy (non-hydrogen) atoms. The quantitative estimate of drug-likeness (QED) is 0.543. The maximum absolute atomic E-state index is 5.43. The van der Waals surface area contributed by atoms with Crippen molar-refractivity contribution in [2.75, 3.05) is 12.3 Å². The summed E-state index contributed by atoms with van der Waals surface area (Å²) in [6.07, 6.45) is 2.71. The molecule has 3 heteroatoms. The van der Waals surface area contributed by atoms with Crippen LogP contribution in [0.5, 0.6) is 0 Å². The van der Waals surface area contributed by atoms with Gasteiger partial charge < -0.3 is 0 Å². The zero-order valence-electron chi connectivity index (χ0n) is 4.17. The third-order valence-electron chi connectivity index (χ3n) is 1.25. The minimum absolute atomic E-state index is 0.640. The van der Waals surface area contributed by atoms with Crippen LogP contribution in [0.4, 0.5) is 0 Å². The Kier molecular flexibility index (Phi) is 1.39. The maximum atomic E-state index is 5.43. The molecule has 2 N–H and O–H groups in total. The van der Waals surface area contributed by atoms with Crippen molar-refractivity contribution in [3.05, 3.63) is 12.4 Å². The van der Waals surface area contributed by atoms with Crippen molar-refractivity contribution in [1.29, 1.82) is 0 Å². The normalized spacial score (nSPS) is 24.7. The van der Waals surface area contributed by atoms with E-state index in [-0.39, 0.29) is 0 Å². The molecule has 1 aliphatic rings. The summed E-state index contributed by atoms with van der Waals surface area (Å²) in [5.74, 6) is 2.08. The fourth-order valence-electron chi connectivity index (χ4n) is 0.448. The van der Waals surface area contributed by atoms with Crippen molar-refractivity contribution < 1.29 is 0 Å². The Hall–Kier alpha value is 0.430. The average molecular weight is 133 g/mol. The molecular formula is C4H9NP2. The lowest BCUT2D eigenvalue weighted by molar-refractivity contribution is 1.75. The fourth-order valence-corrected chi connectivity index (χ4v) is 3.74. The van der Waals surface area contributed by atoms with Gasteiger partial charge in [0.25, 0.3) is 0 Å². The molecule has 0 unspecified atom stereocenters. The summed E-state index contributed by atoms with van der Waals surface area (Å²) < 4.78 is 0. The summed E-state index contributed by atoms with van der Waals surface area (Å²) in [7, 11) is 1.11. The Morgan fingerprint density at radius 1 is 1.71 bits per heavy atom. The summed E-state index contributed by atoms with van der Waals surface area (Å²) in [4.78, 5) is 0. The summed E-state index contributed by atoms with van der Waals surface area (Å²) in [5.41, 5.74) is 5.43. The van der Waals surface area contributed by atoms with E-state index in [1.54, 1.807) is 0 Å². The molecule has 0 bridgehead atoms. The first-order valence-corrected chi connectivity index (χ1v) is 6.15. The monoisotopic (exact) mass is 133 g/mol. The smallest absolute Gasteiger partial charge is 0.0201 e. The molecule has 1 heterocycles. The van der Waals surface area contributed by atoms with E-state index in [2.05, 4.69) is 12.4 Å². The fraction of sp³-hybridized carbons (Fsp3) is 0.500. The molecule has 0 aromatic rings. The first-order valence-electron chi connectivity index (χ1n) is 2.26.